The Morgan fingerprint density at radius 1 is 1.33 bits per heavy atom. The molecule has 1 atom stereocenters. The average Bonchev–Trinajstić information content (AvgIpc) is 2.88. The number of halogens is 1. The summed E-state index contributed by atoms with van der Waals surface area (Å²) < 4.78 is 1.18. The molecule has 1 aliphatic carbocycles. The van der Waals surface area contributed by atoms with Crippen molar-refractivity contribution in [1.29, 1.82) is 0 Å². The van der Waals surface area contributed by atoms with Crippen molar-refractivity contribution in [2.24, 2.45) is 5.92 Å². The van der Waals surface area contributed by atoms with Gasteiger partial charge in [0, 0.05) is 10.5 Å². The first-order chi connectivity index (χ1) is 8.79. The molecule has 0 saturated heterocycles. The normalized spacial score (nSPS) is 18.1. The molecule has 1 fully saturated rings. The minimum absolute atomic E-state index is 0.504. The summed E-state index contributed by atoms with van der Waals surface area (Å²) in [6.07, 6.45) is 8.32. The van der Waals surface area contributed by atoms with E-state index in [1.807, 2.05) is 0 Å². The molecule has 18 heavy (non-hydrogen) atoms. The highest BCUT2D eigenvalue weighted by Gasteiger charge is 2.15. The Labute approximate surface area is 119 Å². The Morgan fingerprint density at radius 2 is 2.11 bits per heavy atom. The lowest BCUT2D eigenvalue weighted by molar-refractivity contribution is 0.438. The molecule has 0 bridgehead atoms. The van der Waals surface area contributed by atoms with Crippen LogP contribution in [0.15, 0.2) is 28.7 Å². The number of rotatable bonds is 6. The number of benzene rings is 1. The number of nitrogens with one attached hydrogen (secondary N) is 1. The van der Waals surface area contributed by atoms with Crippen molar-refractivity contribution in [3.63, 3.8) is 0 Å². The molecule has 0 amide bonds. The van der Waals surface area contributed by atoms with Crippen molar-refractivity contribution >= 4 is 15.9 Å². The van der Waals surface area contributed by atoms with E-state index in [0.717, 1.165) is 18.9 Å². The molecule has 2 rings (SSSR count). The summed E-state index contributed by atoms with van der Waals surface area (Å²) >= 11 is 3.55. The molecule has 1 aromatic carbocycles. The second-order valence-corrected chi connectivity index (χ2v) is 6.32. The van der Waals surface area contributed by atoms with E-state index < -0.39 is 0 Å². The summed E-state index contributed by atoms with van der Waals surface area (Å²) in [5.74, 6) is 0.984. The molecule has 1 nitrogen and oxygen atoms in total. The lowest BCUT2D eigenvalue weighted by Gasteiger charge is -2.19. The van der Waals surface area contributed by atoms with Gasteiger partial charge in [-0.05, 0) is 43.0 Å². The van der Waals surface area contributed by atoms with Crippen LogP contribution in [0.1, 0.15) is 57.1 Å². The Morgan fingerprint density at radius 3 is 2.78 bits per heavy atom. The van der Waals surface area contributed by atoms with Gasteiger partial charge in [-0.1, -0.05) is 60.7 Å². The first kappa shape index (κ1) is 14.1. The third-order valence-corrected chi connectivity index (χ3v) is 4.57. The van der Waals surface area contributed by atoms with Gasteiger partial charge in [-0.25, -0.2) is 0 Å². The fourth-order valence-corrected chi connectivity index (χ4v) is 3.40. The largest absolute Gasteiger partial charge is 0.310 e. The molecule has 100 valence electrons. The maximum Gasteiger partial charge on any atom is 0.0318 e. The molecule has 1 aliphatic rings. The van der Waals surface area contributed by atoms with Crippen molar-refractivity contribution in [3.8, 4) is 0 Å². The van der Waals surface area contributed by atoms with E-state index in [9.17, 15) is 0 Å². The van der Waals surface area contributed by atoms with Crippen molar-refractivity contribution in [1.82, 2.24) is 5.32 Å². The van der Waals surface area contributed by atoms with E-state index in [0.29, 0.717) is 6.04 Å². The second-order valence-electron chi connectivity index (χ2n) is 5.41. The second kappa shape index (κ2) is 7.30. The van der Waals surface area contributed by atoms with Crippen LogP contribution in [0, 0.1) is 5.92 Å². The zero-order valence-corrected chi connectivity index (χ0v) is 12.9. The molecule has 0 spiro atoms. The van der Waals surface area contributed by atoms with Crippen LogP contribution >= 0.6 is 15.9 Å². The number of hydrogen-bond donors (Lipinski definition) is 1. The molecule has 1 N–H and O–H groups in total. The van der Waals surface area contributed by atoms with Crippen LogP contribution in [0.4, 0.5) is 0 Å². The van der Waals surface area contributed by atoms with E-state index in [4.69, 9.17) is 0 Å². The van der Waals surface area contributed by atoms with E-state index >= 15 is 0 Å². The third kappa shape index (κ3) is 4.10. The van der Waals surface area contributed by atoms with E-state index in [2.05, 4.69) is 52.4 Å². The predicted molar refractivity (Wildman–Crippen MR) is 81.8 cm³/mol. The van der Waals surface area contributed by atoms with Gasteiger partial charge in [-0.2, -0.15) is 0 Å². The fourth-order valence-electron chi connectivity index (χ4n) is 2.98. The lowest BCUT2D eigenvalue weighted by atomic mass is 10.0. The first-order valence-corrected chi connectivity index (χ1v) is 8.07. The van der Waals surface area contributed by atoms with Crippen LogP contribution in [0.2, 0.25) is 0 Å². The van der Waals surface area contributed by atoms with Crippen LogP contribution in [0.5, 0.6) is 0 Å². The highest BCUT2D eigenvalue weighted by Crippen LogP contribution is 2.27. The molecular weight excluding hydrogens is 286 g/mol. The van der Waals surface area contributed by atoms with Crippen LogP contribution in [0.25, 0.3) is 0 Å². The quantitative estimate of drug-likeness (QED) is 0.773. The average molecular weight is 310 g/mol. The topological polar surface area (TPSA) is 12.0 Å². The third-order valence-electron chi connectivity index (χ3n) is 4.08. The van der Waals surface area contributed by atoms with Gasteiger partial charge in [-0.15, -0.1) is 0 Å². The van der Waals surface area contributed by atoms with Gasteiger partial charge in [0.25, 0.3) is 0 Å². The van der Waals surface area contributed by atoms with Gasteiger partial charge in [0.2, 0.25) is 0 Å². The maximum atomic E-state index is 3.72. The Bertz CT molecular complexity index is 358. The van der Waals surface area contributed by atoms with E-state index in [1.54, 1.807) is 0 Å². The molecule has 0 aliphatic heterocycles. The predicted octanol–water partition coefficient (Wildman–Crippen LogP) is 5.07. The summed E-state index contributed by atoms with van der Waals surface area (Å²) in [6.45, 7) is 3.42. The zero-order valence-electron chi connectivity index (χ0n) is 11.3. The Kier molecular flexibility index (Phi) is 5.71. The number of hydrogen-bond acceptors (Lipinski definition) is 1. The monoisotopic (exact) mass is 309 g/mol. The SMILES string of the molecule is CCC(NCCC1CCCC1)c1cccc(Br)c1. The highest BCUT2D eigenvalue weighted by atomic mass is 79.9. The molecule has 1 aromatic rings. The Hall–Kier alpha value is -0.340. The lowest BCUT2D eigenvalue weighted by Crippen LogP contribution is -2.23. The molecule has 1 saturated carbocycles. The minimum Gasteiger partial charge on any atom is -0.310 e. The highest BCUT2D eigenvalue weighted by molar-refractivity contribution is 9.10. The van der Waals surface area contributed by atoms with E-state index in [1.165, 1.54) is 42.1 Å². The summed E-state index contributed by atoms with van der Waals surface area (Å²) in [5.41, 5.74) is 1.40. The minimum atomic E-state index is 0.504. The van der Waals surface area contributed by atoms with Crippen LogP contribution in [-0.4, -0.2) is 6.54 Å². The Balaban J connectivity index is 1.81. The summed E-state index contributed by atoms with van der Waals surface area (Å²) in [5, 5.41) is 3.72. The van der Waals surface area contributed by atoms with Gasteiger partial charge in [-0.3, -0.25) is 0 Å². The summed E-state index contributed by atoms with van der Waals surface area (Å²) in [4.78, 5) is 0. The van der Waals surface area contributed by atoms with Crippen molar-refractivity contribution < 1.29 is 0 Å². The molecule has 1 unspecified atom stereocenters. The molecule has 0 radical (unpaired) electrons. The van der Waals surface area contributed by atoms with Gasteiger partial charge in [0.05, 0.1) is 0 Å². The smallest absolute Gasteiger partial charge is 0.0318 e. The van der Waals surface area contributed by atoms with Crippen molar-refractivity contribution in [2.75, 3.05) is 6.54 Å². The summed E-state index contributed by atoms with van der Waals surface area (Å²) in [6, 6.07) is 9.18. The standard InChI is InChI=1S/C16H24BrN/c1-2-16(14-8-5-9-15(17)12-14)18-11-10-13-6-3-4-7-13/h5,8-9,12-13,16,18H,2-4,6-7,10-11H2,1H3. The molecule has 0 heterocycles. The van der Waals surface area contributed by atoms with Crippen LogP contribution in [0.3, 0.4) is 0 Å². The van der Waals surface area contributed by atoms with Gasteiger partial charge >= 0.3 is 0 Å². The van der Waals surface area contributed by atoms with Crippen LogP contribution < -0.4 is 5.32 Å². The van der Waals surface area contributed by atoms with Crippen molar-refractivity contribution in [2.45, 2.75) is 51.5 Å². The fraction of sp³-hybridized carbons (Fsp3) is 0.625. The van der Waals surface area contributed by atoms with Crippen LogP contribution in [-0.2, 0) is 0 Å². The zero-order chi connectivity index (χ0) is 12.8. The van der Waals surface area contributed by atoms with Gasteiger partial charge in [0.15, 0.2) is 0 Å². The molecular formula is C16H24BrN. The maximum absolute atomic E-state index is 3.72. The molecule has 2 heteroatoms. The van der Waals surface area contributed by atoms with Crippen molar-refractivity contribution in [3.05, 3.63) is 34.3 Å². The first-order valence-electron chi connectivity index (χ1n) is 7.28. The summed E-state index contributed by atoms with van der Waals surface area (Å²) in [7, 11) is 0. The van der Waals surface area contributed by atoms with Gasteiger partial charge in [0.1, 0.15) is 0 Å². The molecule has 0 aromatic heterocycles. The van der Waals surface area contributed by atoms with Gasteiger partial charge < -0.3 is 5.32 Å². The van der Waals surface area contributed by atoms with E-state index in [-0.39, 0.29) is 0 Å².